The Hall–Kier alpha value is -2.02. The Morgan fingerprint density at radius 1 is 1.47 bits per heavy atom. The van der Waals surface area contributed by atoms with Gasteiger partial charge in [-0.1, -0.05) is 6.92 Å². The number of aliphatic hydroxyl groups excluding tert-OH is 2. The summed E-state index contributed by atoms with van der Waals surface area (Å²) in [6.45, 7) is 1.75. The van der Waals surface area contributed by atoms with Crippen LogP contribution in [0.3, 0.4) is 0 Å². The number of aromatic amines is 2. The fourth-order valence-corrected chi connectivity index (χ4v) is 1.72. The van der Waals surface area contributed by atoms with Crippen molar-refractivity contribution < 1.29 is 14.9 Å². The molecule has 92 valence electrons. The molecule has 2 heterocycles. The van der Waals surface area contributed by atoms with Crippen molar-refractivity contribution >= 4 is 0 Å². The molecule has 2 rings (SSSR count). The van der Waals surface area contributed by atoms with Crippen molar-refractivity contribution in [1.82, 2.24) is 9.97 Å². The lowest BCUT2D eigenvalue weighted by atomic mass is 10.1. The number of H-pyrrole nitrogens is 2. The smallest absolute Gasteiger partial charge is 0.325 e. The van der Waals surface area contributed by atoms with Gasteiger partial charge in [0.15, 0.2) is 18.0 Å². The molecule has 0 radical (unpaired) electrons. The molecule has 1 unspecified atom stereocenters. The van der Waals surface area contributed by atoms with Gasteiger partial charge in [-0.25, -0.2) is 4.79 Å². The Morgan fingerprint density at radius 2 is 2.18 bits per heavy atom. The molecule has 0 bridgehead atoms. The van der Waals surface area contributed by atoms with E-state index in [0.29, 0.717) is 6.42 Å². The lowest BCUT2D eigenvalue weighted by Crippen LogP contribution is -2.29. The predicted molar refractivity (Wildman–Crippen MR) is 57.5 cm³/mol. The average molecular weight is 240 g/mol. The highest BCUT2D eigenvalue weighted by atomic mass is 16.5. The van der Waals surface area contributed by atoms with Gasteiger partial charge in [0.05, 0.1) is 5.56 Å². The number of ether oxygens (including phenoxy) is 1. The summed E-state index contributed by atoms with van der Waals surface area (Å²) in [6.07, 6.45) is -0.718. The maximum atomic E-state index is 11.5. The van der Waals surface area contributed by atoms with Crippen molar-refractivity contribution in [2.75, 3.05) is 0 Å². The topological polar surface area (TPSA) is 115 Å². The van der Waals surface area contributed by atoms with Gasteiger partial charge in [0, 0.05) is 12.6 Å². The zero-order chi connectivity index (χ0) is 12.6. The van der Waals surface area contributed by atoms with Crippen molar-refractivity contribution in [2.45, 2.75) is 25.6 Å². The molecule has 7 heteroatoms. The number of aromatic nitrogens is 2. The van der Waals surface area contributed by atoms with Crippen LogP contribution in [-0.2, 0) is 4.74 Å². The van der Waals surface area contributed by atoms with Gasteiger partial charge in [-0.05, 0) is 0 Å². The lowest BCUT2D eigenvalue weighted by molar-refractivity contribution is 0.0369. The van der Waals surface area contributed by atoms with E-state index in [9.17, 15) is 19.8 Å². The Bertz CT molecular complexity index is 571. The van der Waals surface area contributed by atoms with Crippen LogP contribution in [0.4, 0.5) is 0 Å². The van der Waals surface area contributed by atoms with E-state index in [-0.39, 0.29) is 17.1 Å². The van der Waals surface area contributed by atoms with Crippen molar-refractivity contribution in [3.63, 3.8) is 0 Å². The van der Waals surface area contributed by atoms with Gasteiger partial charge >= 0.3 is 5.69 Å². The third kappa shape index (κ3) is 1.84. The lowest BCUT2D eigenvalue weighted by Gasteiger charge is -2.14. The fraction of sp³-hybridized carbons (Fsp3) is 0.400. The molecule has 7 nitrogen and oxygen atoms in total. The number of aliphatic hydroxyl groups is 2. The van der Waals surface area contributed by atoms with Crippen LogP contribution in [0.5, 0.6) is 0 Å². The van der Waals surface area contributed by atoms with E-state index in [0.717, 1.165) is 0 Å². The molecule has 0 saturated carbocycles. The first-order valence-corrected chi connectivity index (χ1v) is 5.13. The molecule has 1 aromatic rings. The monoisotopic (exact) mass is 240 g/mol. The first-order valence-electron chi connectivity index (χ1n) is 5.13. The van der Waals surface area contributed by atoms with E-state index in [2.05, 4.69) is 4.98 Å². The van der Waals surface area contributed by atoms with Crippen LogP contribution in [-0.4, -0.2) is 26.3 Å². The van der Waals surface area contributed by atoms with Gasteiger partial charge in [-0.2, -0.15) is 0 Å². The molecular weight excluding hydrogens is 228 g/mol. The molecule has 1 aliphatic heterocycles. The second kappa shape index (κ2) is 4.10. The van der Waals surface area contributed by atoms with Crippen LogP contribution in [0.15, 0.2) is 27.3 Å². The van der Waals surface area contributed by atoms with Gasteiger partial charge in [0.1, 0.15) is 5.76 Å². The molecule has 1 aliphatic rings. The van der Waals surface area contributed by atoms with Crippen LogP contribution >= 0.6 is 0 Å². The molecule has 1 aromatic heterocycles. The normalized spacial score (nSPS) is 23.9. The van der Waals surface area contributed by atoms with E-state index in [1.54, 1.807) is 6.92 Å². The minimum atomic E-state index is -1.29. The highest BCUT2D eigenvalue weighted by Gasteiger charge is 2.37. The Balaban J connectivity index is 2.39. The van der Waals surface area contributed by atoms with Gasteiger partial charge in [0.2, 0.25) is 0 Å². The highest BCUT2D eigenvalue weighted by Crippen LogP contribution is 2.34. The largest absolute Gasteiger partial charge is 0.506 e. The number of allylic oxidation sites excluding steroid dienone is 1. The Labute approximate surface area is 95.4 Å². The quantitative estimate of drug-likeness (QED) is 0.565. The molecule has 0 aromatic carbocycles. The molecule has 0 spiro atoms. The second-order valence-corrected chi connectivity index (χ2v) is 3.67. The zero-order valence-corrected chi connectivity index (χ0v) is 9.06. The molecule has 0 fully saturated rings. The van der Waals surface area contributed by atoms with Gasteiger partial charge in [-0.15, -0.1) is 0 Å². The predicted octanol–water partition coefficient (Wildman–Crippen LogP) is -0.325. The van der Waals surface area contributed by atoms with Gasteiger partial charge in [0.25, 0.3) is 5.56 Å². The van der Waals surface area contributed by atoms with E-state index in [1.165, 1.54) is 6.20 Å². The maximum absolute atomic E-state index is 11.5. The maximum Gasteiger partial charge on any atom is 0.325 e. The standard InChI is InChI=1S/C10H12N2O5/c1-2-5-6(13)7(14)8(17-5)4-3-11-10(16)12-9(4)15/h3,7-8,13-14H,2H2,1H3,(H2,11,12,15,16)/t7?,8-/m0/s1. The summed E-state index contributed by atoms with van der Waals surface area (Å²) in [6, 6.07) is 0. The van der Waals surface area contributed by atoms with Crippen LogP contribution in [0, 0.1) is 0 Å². The number of hydrogen-bond acceptors (Lipinski definition) is 5. The molecule has 0 aliphatic carbocycles. The minimum Gasteiger partial charge on any atom is -0.506 e. The summed E-state index contributed by atoms with van der Waals surface area (Å²) in [5.74, 6) is -0.0313. The van der Waals surface area contributed by atoms with E-state index >= 15 is 0 Å². The van der Waals surface area contributed by atoms with Crippen molar-refractivity contribution in [1.29, 1.82) is 0 Å². The van der Waals surface area contributed by atoms with E-state index in [1.807, 2.05) is 4.98 Å². The molecule has 4 N–H and O–H groups in total. The Kier molecular flexibility index (Phi) is 2.76. The summed E-state index contributed by atoms with van der Waals surface area (Å²) in [5.41, 5.74) is -1.23. The zero-order valence-electron chi connectivity index (χ0n) is 9.06. The Morgan fingerprint density at radius 3 is 2.71 bits per heavy atom. The molecule has 17 heavy (non-hydrogen) atoms. The first-order chi connectivity index (χ1) is 8.04. The fourth-order valence-electron chi connectivity index (χ4n) is 1.72. The third-order valence-corrected chi connectivity index (χ3v) is 2.60. The van der Waals surface area contributed by atoms with Crippen LogP contribution in [0.25, 0.3) is 0 Å². The highest BCUT2D eigenvalue weighted by molar-refractivity contribution is 5.22. The summed E-state index contributed by atoms with van der Waals surface area (Å²) in [7, 11) is 0. The molecule has 2 atom stereocenters. The number of hydrogen-bond donors (Lipinski definition) is 4. The van der Waals surface area contributed by atoms with Crippen molar-refractivity contribution in [3.05, 3.63) is 44.1 Å². The molecular formula is C10H12N2O5. The van der Waals surface area contributed by atoms with Gasteiger partial charge < -0.3 is 19.9 Å². The number of nitrogens with one attached hydrogen (secondary N) is 2. The molecule has 0 amide bonds. The summed E-state index contributed by atoms with van der Waals surface area (Å²) in [5, 5.41) is 19.3. The summed E-state index contributed by atoms with van der Waals surface area (Å²) >= 11 is 0. The average Bonchev–Trinajstić information content (AvgIpc) is 2.57. The summed E-state index contributed by atoms with van der Waals surface area (Å²) < 4.78 is 5.28. The van der Waals surface area contributed by atoms with Crippen LogP contribution in [0.2, 0.25) is 0 Å². The van der Waals surface area contributed by atoms with Gasteiger partial charge in [-0.3, -0.25) is 9.78 Å². The molecule has 0 saturated heterocycles. The van der Waals surface area contributed by atoms with Crippen molar-refractivity contribution in [3.8, 4) is 0 Å². The SMILES string of the molecule is CCC1=C(O)C(O)[C@H](c2c[nH]c(=O)[nH]c2=O)O1. The minimum absolute atomic E-state index is 0.0621. The van der Waals surface area contributed by atoms with Crippen LogP contribution in [0.1, 0.15) is 25.0 Å². The van der Waals surface area contributed by atoms with Crippen LogP contribution < -0.4 is 11.2 Å². The first kappa shape index (κ1) is 11.5. The summed E-state index contributed by atoms with van der Waals surface area (Å²) in [4.78, 5) is 26.7. The number of rotatable bonds is 2. The van der Waals surface area contributed by atoms with E-state index in [4.69, 9.17) is 4.74 Å². The van der Waals surface area contributed by atoms with E-state index < -0.39 is 23.5 Å². The second-order valence-electron chi connectivity index (χ2n) is 3.67. The van der Waals surface area contributed by atoms with Crippen molar-refractivity contribution in [2.24, 2.45) is 0 Å². The third-order valence-electron chi connectivity index (χ3n) is 2.60.